The molecule has 0 amide bonds. The quantitative estimate of drug-likeness (QED) is 0.930. The second-order valence-electron chi connectivity index (χ2n) is 5.00. The molecule has 1 aliphatic heterocycles. The van der Waals surface area contributed by atoms with Gasteiger partial charge in [0, 0.05) is 6.04 Å². The van der Waals surface area contributed by atoms with Crippen LogP contribution in [0.1, 0.15) is 31.9 Å². The van der Waals surface area contributed by atoms with Gasteiger partial charge in [0.2, 0.25) is 0 Å². The van der Waals surface area contributed by atoms with Gasteiger partial charge < -0.3 is 15.4 Å². The molecule has 21 heavy (non-hydrogen) atoms. The van der Waals surface area contributed by atoms with Crippen molar-refractivity contribution < 1.29 is 17.9 Å². The maximum Gasteiger partial charge on any atom is 0.573 e. The third-order valence-corrected chi connectivity index (χ3v) is 3.59. The predicted octanol–water partition coefficient (Wildman–Crippen LogP) is 3.06. The predicted molar refractivity (Wildman–Crippen MR) is 73.9 cm³/mol. The summed E-state index contributed by atoms with van der Waals surface area (Å²) in [4.78, 5) is 6.23. The lowest BCUT2D eigenvalue weighted by molar-refractivity contribution is -0.274. The molecule has 2 unspecified atom stereocenters. The first kappa shape index (κ1) is 15.5. The second kappa shape index (κ2) is 5.83. The Morgan fingerprint density at radius 3 is 2.52 bits per heavy atom. The molecule has 0 fully saturated rings. The summed E-state index contributed by atoms with van der Waals surface area (Å²) in [6.45, 7) is 4.60. The van der Waals surface area contributed by atoms with E-state index in [2.05, 4.69) is 9.73 Å². The van der Waals surface area contributed by atoms with Crippen molar-refractivity contribution in [1.29, 1.82) is 0 Å². The molecule has 0 bridgehead atoms. The number of ether oxygens (including phenoxy) is 1. The van der Waals surface area contributed by atoms with Gasteiger partial charge in [0.15, 0.2) is 5.96 Å². The normalized spacial score (nSPS) is 20.3. The lowest BCUT2D eigenvalue weighted by atomic mass is 10.0. The summed E-state index contributed by atoms with van der Waals surface area (Å²) in [5, 5.41) is 0. The lowest BCUT2D eigenvalue weighted by Gasteiger charge is -2.32. The number of nitrogens with two attached hydrogens (primary N) is 1. The fourth-order valence-corrected chi connectivity index (χ4v) is 2.40. The van der Waals surface area contributed by atoms with Gasteiger partial charge in [-0.1, -0.05) is 19.1 Å². The highest BCUT2D eigenvalue weighted by Crippen LogP contribution is 2.30. The van der Waals surface area contributed by atoms with Crippen LogP contribution in [0.15, 0.2) is 29.3 Å². The first-order valence-corrected chi connectivity index (χ1v) is 6.75. The molecule has 1 heterocycles. The van der Waals surface area contributed by atoms with Crippen molar-refractivity contribution in [2.24, 2.45) is 10.7 Å². The van der Waals surface area contributed by atoms with Gasteiger partial charge in [0.05, 0.1) is 12.6 Å². The molecular formula is C14H18F3N3O. The maximum absolute atomic E-state index is 12.1. The van der Waals surface area contributed by atoms with Gasteiger partial charge in [-0.3, -0.25) is 4.99 Å². The van der Waals surface area contributed by atoms with E-state index in [-0.39, 0.29) is 17.8 Å². The molecule has 7 heteroatoms. The molecule has 1 aliphatic rings. The van der Waals surface area contributed by atoms with Gasteiger partial charge in [0.25, 0.3) is 0 Å². The monoisotopic (exact) mass is 301 g/mol. The Labute approximate surface area is 121 Å². The maximum atomic E-state index is 12.1. The summed E-state index contributed by atoms with van der Waals surface area (Å²) in [6.07, 6.45) is -3.77. The molecule has 0 aliphatic carbocycles. The van der Waals surface area contributed by atoms with Crippen molar-refractivity contribution >= 4 is 5.96 Å². The van der Waals surface area contributed by atoms with Crippen molar-refractivity contribution in [1.82, 2.24) is 4.90 Å². The van der Waals surface area contributed by atoms with E-state index in [1.807, 2.05) is 18.7 Å². The number of alkyl halides is 3. The van der Waals surface area contributed by atoms with Crippen molar-refractivity contribution in [2.45, 2.75) is 38.7 Å². The highest BCUT2D eigenvalue weighted by molar-refractivity contribution is 5.80. The Balaban J connectivity index is 2.15. The van der Waals surface area contributed by atoms with Crippen LogP contribution in [0.2, 0.25) is 0 Å². The number of hydrogen-bond donors (Lipinski definition) is 1. The van der Waals surface area contributed by atoms with Gasteiger partial charge in [-0.25, -0.2) is 0 Å². The summed E-state index contributed by atoms with van der Waals surface area (Å²) in [7, 11) is 0. The van der Waals surface area contributed by atoms with E-state index in [9.17, 15) is 13.2 Å². The van der Waals surface area contributed by atoms with E-state index in [1.165, 1.54) is 12.1 Å². The fourth-order valence-electron chi connectivity index (χ4n) is 2.40. The van der Waals surface area contributed by atoms with Crippen LogP contribution < -0.4 is 10.5 Å². The minimum absolute atomic E-state index is 0.0418. The number of benzene rings is 1. The third-order valence-electron chi connectivity index (χ3n) is 3.59. The van der Waals surface area contributed by atoms with Crippen LogP contribution in [0, 0.1) is 0 Å². The van der Waals surface area contributed by atoms with Crippen molar-refractivity contribution in [2.75, 3.05) is 6.54 Å². The molecule has 0 radical (unpaired) electrons. The fraction of sp³-hybridized carbons (Fsp3) is 0.500. The number of hydrogen-bond acceptors (Lipinski definition) is 4. The zero-order chi connectivity index (χ0) is 15.6. The number of nitrogens with zero attached hydrogens (tertiary/aromatic N) is 2. The van der Waals surface area contributed by atoms with Crippen molar-refractivity contribution in [3.05, 3.63) is 29.8 Å². The van der Waals surface area contributed by atoms with E-state index < -0.39 is 6.36 Å². The van der Waals surface area contributed by atoms with Crippen LogP contribution in [-0.4, -0.2) is 29.8 Å². The molecule has 0 aromatic heterocycles. The smallest absolute Gasteiger partial charge is 0.406 e. The molecule has 0 saturated carbocycles. The Kier molecular flexibility index (Phi) is 4.29. The molecule has 116 valence electrons. The molecule has 1 aromatic rings. The zero-order valence-electron chi connectivity index (χ0n) is 11.9. The topological polar surface area (TPSA) is 50.8 Å². The van der Waals surface area contributed by atoms with Crippen LogP contribution in [-0.2, 0) is 0 Å². The van der Waals surface area contributed by atoms with Crippen molar-refractivity contribution in [3.63, 3.8) is 0 Å². The average molecular weight is 301 g/mol. The van der Waals surface area contributed by atoms with Gasteiger partial charge in [-0.2, -0.15) is 0 Å². The molecule has 0 spiro atoms. The largest absolute Gasteiger partial charge is 0.573 e. The summed E-state index contributed by atoms with van der Waals surface area (Å²) < 4.78 is 40.3. The Hall–Kier alpha value is -1.92. The SMILES string of the molecule is CCC(C)N1C(N)=NCC1c1ccc(OC(F)(F)F)cc1. The van der Waals surface area contributed by atoms with E-state index in [1.54, 1.807) is 12.1 Å². The van der Waals surface area contributed by atoms with Crippen LogP contribution in [0.5, 0.6) is 5.75 Å². The summed E-state index contributed by atoms with van der Waals surface area (Å²) in [5.74, 6) is 0.248. The summed E-state index contributed by atoms with van der Waals surface area (Å²) in [5.41, 5.74) is 6.77. The molecule has 1 aromatic carbocycles. The first-order valence-electron chi connectivity index (χ1n) is 6.75. The average Bonchev–Trinajstić information content (AvgIpc) is 2.79. The van der Waals surface area contributed by atoms with Gasteiger partial charge in [-0.15, -0.1) is 13.2 Å². The molecule has 2 N–H and O–H groups in total. The zero-order valence-corrected chi connectivity index (χ0v) is 11.9. The molecule has 4 nitrogen and oxygen atoms in total. The van der Waals surface area contributed by atoms with Crippen LogP contribution in [0.4, 0.5) is 13.2 Å². The number of aliphatic imine (C=N–C) groups is 1. The highest BCUT2D eigenvalue weighted by atomic mass is 19.4. The van der Waals surface area contributed by atoms with E-state index in [4.69, 9.17) is 5.73 Å². The highest BCUT2D eigenvalue weighted by Gasteiger charge is 2.32. The second-order valence-corrected chi connectivity index (χ2v) is 5.00. The summed E-state index contributed by atoms with van der Waals surface area (Å²) >= 11 is 0. The van der Waals surface area contributed by atoms with Gasteiger partial charge in [0.1, 0.15) is 5.75 Å². The minimum atomic E-state index is -4.68. The van der Waals surface area contributed by atoms with E-state index >= 15 is 0 Å². The van der Waals surface area contributed by atoms with E-state index in [0.29, 0.717) is 12.5 Å². The Bertz CT molecular complexity index is 513. The molecule has 0 saturated heterocycles. The number of rotatable bonds is 4. The molecule has 2 atom stereocenters. The standard InChI is InChI=1S/C14H18F3N3O/c1-3-9(2)20-12(8-19-13(20)18)10-4-6-11(7-5-10)21-14(15,16)17/h4-7,9,12H,3,8H2,1-2H3,(H2,18,19). The summed E-state index contributed by atoms with van der Waals surface area (Å²) in [6, 6.07) is 6.04. The van der Waals surface area contributed by atoms with Crippen LogP contribution in [0.25, 0.3) is 0 Å². The molecular weight excluding hydrogens is 283 g/mol. The first-order chi connectivity index (χ1) is 9.81. The number of halogens is 3. The van der Waals surface area contributed by atoms with Crippen LogP contribution in [0.3, 0.4) is 0 Å². The third kappa shape index (κ3) is 3.59. The Morgan fingerprint density at radius 2 is 2.00 bits per heavy atom. The van der Waals surface area contributed by atoms with Crippen molar-refractivity contribution in [3.8, 4) is 5.75 Å². The molecule has 2 rings (SSSR count). The lowest BCUT2D eigenvalue weighted by Crippen LogP contribution is -2.42. The van der Waals surface area contributed by atoms with Gasteiger partial charge >= 0.3 is 6.36 Å². The minimum Gasteiger partial charge on any atom is -0.406 e. The number of guanidine groups is 1. The van der Waals surface area contributed by atoms with E-state index in [0.717, 1.165) is 12.0 Å². The Morgan fingerprint density at radius 1 is 1.38 bits per heavy atom. The van der Waals surface area contributed by atoms with Gasteiger partial charge in [-0.05, 0) is 31.0 Å². The van der Waals surface area contributed by atoms with Crippen LogP contribution >= 0.6 is 0 Å².